The third-order valence-corrected chi connectivity index (χ3v) is 24.8. The number of nitrogens with zero attached hydrogens (tertiary/aromatic N) is 5. The maximum absolute atomic E-state index is 14.6. The zero-order valence-corrected chi connectivity index (χ0v) is 78.7. The van der Waals surface area contributed by atoms with Crippen LogP contribution >= 0.6 is 0 Å². The van der Waals surface area contributed by atoms with Gasteiger partial charge in [0.05, 0.1) is 73.6 Å². The molecule has 8 atom stereocenters. The largest absolute Gasteiger partial charge is 0.458 e. The van der Waals surface area contributed by atoms with Crippen molar-refractivity contribution in [3.8, 4) is 44.5 Å². The predicted octanol–water partition coefficient (Wildman–Crippen LogP) is 24.6. The van der Waals surface area contributed by atoms with Gasteiger partial charge in [-0.1, -0.05) is 162 Å². The first-order valence-electron chi connectivity index (χ1n) is 46.3. The first-order chi connectivity index (χ1) is 62.9. The Morgan fingerprint density at radius 3 is 1.27 bits per heavy atom. The Morgan fingerprint density at radius 1 is 0.436 bits per heavy atom. The number of carbonyl (C=O) groups excluding carboxylic acids is 4. The normalized spacial score (nSPS) is 19.5. The summed E-state index contributed by atoms with van der Waals surface area (Å²) in [5.74, 6) is -0.436. The van der Waals surface area contributed by atoms with Crippen molar-refractivity contribution < 1.29 is 80.9 Å². The number of carbonyl (C=O) groups is 4. The predicted molar refractivity (Wildman–Crippen MR) is 523 cm³/mol. The van der Waals surface area contributed by atoms with E-state index < -0.39 is 54.8 Å². The van der Waals surface area contributed by atoms with Gasteiger partial charge in [-0.25, -0.2) is 22.5 Å². The minimum Gasteiger partial charge on any atom is -0.458 e. The van der Waals surface area contributed by atoms with Gasteiger partial charge in [-0.2, -0.15) is 0 Å². The van der Waals surface area contributed by atoms with Crippen LogP contribution in [0.3, 0.4) is 0 Å². The molecule has 8 unspecified atom stereocenters. The Bertz CT molecular complexity index is 6090. The number of hydrogen-bond acceptors (Lipinski definition) is 16. The van der Waals surface area contributed by atoms with Gasteiger partial charge in [0.2, 0.25) is 0 Å². The topological polar surface area (TPSA) is 234 Å². The van der Waals surface area contributed by atoms with Crippen LogP contribution in [0.25, 0.3) is 102 Å². The second-order valence-electron chi connectivity index (χ2n) is 37.7. The summed E-state index contributed by atoms with van der Waals surface area (Å²) in [7, 11) is 5.53. The molecule has 4 N–H and O–H groups in total. The zero-order chi connectivity index (χ0) is 95.0. The highest BCUT2D eigenvalue weighted by molar-refractivity contribution is 6.04. The number of cyclic esters (lactones) is 4. The Balaban J connectivity index is 0.000000160. The number of pyridine rings is 2. The Labute approximate surface area is 779 Å². The molecule has 1 aliphatic carbocycles. The molecule has 0 radical (unpaired) electrons. The number of para-hydroxylation sites is 1. The molecule has 0 bridgehead atoms. The fraction of sp³-hybridized carbons (Fsp3) is 0.405. The quantitative estimate of drug-likeness (QED) is 0.0265. The van der Waals surface area contributed by atoms with E-state index in [0.717, 1.165) is 135 Å². The molecule has 22 heteroatoms. The molecule has 5 fully saturated rings. The first kappa shape index (κ1) is 100. The number of halogens is 4. The second kappa shape index (κ2) is 44.0. The summed E-state index contributed by atoms with van der Waals surface area (Å²) in [6.07, 6.45) is 14.3. The molecule has 0 spiro atoms. The number of esters is 4. The molecule has 16 rings (SSSR count). The first-order valence-corrected chi connectivity index (χ1v) is 46.3. The van der Waals surface area contributed by atoms with E-state index in [0.29, 0.717) is 61.2 Å². The number of fused-ring (bicyclic) bond motifs is 3. The molecule has 5 aliphatic rings. The van der Waals surface area contributed by atoms with Gasteiger partial charge < -0.3 is 58.1 Å². The number of benzene rings is 7. The van der Waals surface area contributed by atoms with Crippen LogP contribution in [-0.2, 0) is 49.5 Å². The van der Waals surface area contributed by atoms with Crippen LogP contribution in [0.2, 0.25) is 0 Å². The molecule has 704 valence electrons. The van der Waals surface area contributed by atoms with Crippen LogP contribution < -0.4 is 4.90 Å². The molecule has 1 saturated carbocycles. The minimum absolute atomic E-state index is 0. The molecule has 8 heterocycles. The summed E-state index contributed by atoms with van der Waals surface area (Å²) in [4.78, 5) is 59.2. The monoisotopic (exact) mass is 1820 g/mol. The van der Waals surface area contributed by atoms with Gasteiger partial charge in [0, 0.05) is 137 Å². The van der Waals surface area contributed by atoms with Gasteiger partial charge in [-0.15, -0.1) is 0 Å². The van der Waals surface area contributed by atoms with Gasteiger partial charge in [-0.3, -0.25) is 24.2 Å². The fourth-order valence-corrected chi connectivity index (χ4v) is 18.1. The number of aliphatic hydroxyl groups is 4. The summed E-state index contributed by atoms with van der Waals surface area (Å²) in [6.45, 7) is 29.6. The molecule has 4 aliphatic heterocycles. The zero-order valence-electron chi connectivity index (χ0n) is 78.7. The smallest absolute Gasteiger partial charge is 0.309 e. The van der Waals surface area contributed by atoms with Crippen molar-refractivity contribution in [2.45, 2.75) is 272 Å². The second-order valence-corrected chi connectivity index (χ2v) is 37.7. The average molecular weight is 1820 g/mol. The van der Waals surface area contributed by atoms with Crippen molar-refractivity contribution in [2.75, 3.05) is 26.1 Å². The lowest BCUT2D eigenvalue weighted by molar-refractivity contribution is -0.157. The van der Waals surface area contributed by atoms with Crippen molar-refractivity contribution in [3.63, 3.8) is 0 Å². The summed E-state index contributed by atoms with van der Waals surface area (Å²) < 4.78 is 88.4. The van der Waals surface area contributed by atoms with E-state index >= 15 is 0 Å². The van der Waals surface area contributed by atoms with Crippen LogP contribution in [0.4, 0.5) is 23.4 Å². The fourth-order valence-electron chi connectivity index (χ4n) is 18.1. The highest BCUT2D eigenvalue weighted by atomic mass is 19.1. The average Bonchev–Trinajstić information content (AvgIpc) is 1.55. The molecule has 11 aromatic rings. The highest BCUT2D eigenvalue weighted by Crippen LogP contribution is 2.48. The molecular weight excluding hydrogens is 1690 g/mol. The molecule has 0 amide bonds. The summed E-state index contributed by atoms with van der Waals surface area (Å²) in [5.41, 5.74) is 21.2. The molecule has 18 nitrogen and oxygen atoms in total. The Hall–Kier alpha value is -11.7. The molecule has 4 saturated heterocycles. The van der Waals surface area contributed by atoms with Crippen LogP contribution in [0.5, 0.6) is 0 Å². The number of hydrogen-bond donors (Lipinski definition) is 4. The van der Waals surface area contributed by atoms with E-state index in [-0.39, 0.29) is 104 Å². The van der Waals surface area contributed by atoms with E-state index in [2.05, 4.69) is 121 Å². The third-order valence-electron chi connectivity index (χ3n) is 24.8. The molecular formula is C111H129F4N5O13. The van der Waals surface area contributed by atoms with Crippen molar-refractivity contribution in [1.82, 2.24) is 19.1 Å². The number of rotatable bonds is 23. The van der Waals surface area contributed by atoms with Crippen molar-refractivity contribution in [3.05, 3.63) is 255 Å². The van der Waals surface area contributed by atoms with Crippen LogP contribution in [0.1, 0.15) is 278 Å². The molecule has 4 aromatic heterocycles. The number of ether oxygens (including phenoxy) is 5. The minimum atomic E-state index is -0.723. The number of aromatic nitrogens is 4. The van der Waals surface area contributed by atoms with Crippen LogP contribution in [-0.4, -0.2) is 133 Å². The van der Waals surface area contributed by atoms with Crippen LogP contribution in [0, 0.1) is 23.3 Å². The van der Waals surface area contributed by atoms with Gasteiger partial charge in [0.15, 0.2) is 0 Å². The van der Waals surface area contributed by atoms with E-state index in [1.165, 1.54) is 41.5 Å². The maximum atomic E-state index is 14.6. The van der Waals surface area contributed by atoms with Crippen molar-refractivity contribution in [1.29, 1.82) is 0 Å². The van der Waals surface area contributed by atoms with Crippen LogP contribution in [0.15, 0.2) is 170 Å². The molecule has 133 heavy (non-hydrogen) atoms. The van der Waals surface area contributed by atoms with E-state index in [9.17, 15) is 57.2 Å². The Kier molecular flexibility index (Phi) is 33.2. The van der Waals surface area contributed by atoms with E-state index in [4.69, 9.17) is 33.7 Å². The third kappa shape index (κ3) is 23.9. The molecule has 7 aromatic carbocycles. The summed E-state index contributed by atoms with van der Waals surface area (Å²) >= 11 is 0. The number of anilines is 1. The SMILES string of the molecule is C.CC(C)c1cc(-c2c(/C=C/C3CC(O)CC(=O)O3)c(C3CC3)nc3ccccc23)ccc1F.CC(C)c1ccc2c(-c3ccc(F)cc3)c(/C=C/C3CC(O)CC(=O)O3)n(C(C)C)c2c1.CC(C)c1ccc2c(c1)c(-c1ccc(F)cc1)c(/C=C/C1CC(O)CC(=O)O1)n2C(C)C.COCc1c(N(C)C)nc(C(C)C)c(/C=C/C2CC(O)CC(=O)O2)c1-c1ccc(F)c(C(C)C)c1. The maximum Gasteiger partial charge on any atom is 0.309 e. The number of methoxy groups -OCH3 is 1. The highest BCUT2D eigenvalue weighted by Gasteiger charge is 2.35. The summed E-state index contributed by atoms with van der Waals surface area (Å²) in [6, 6.07) is 45.1. The lowest BCUT2D eigenvalue weighted by Gasteiger charge is -2.26. The summed E-state index contributed by atoms with van der Waals surface area (Å²) in [5, 5.41) is 43.2. The van der Waals surface area contributed by atoms with E-state index in [1.54, 1.807) is 43.5 Å². The lowest BCUT2D eigenvalue weighted by Crippen LogP contribution is -2.31. The van der Waals surface area contributed by atoms with Gasteiger partial charge >= 0.3 is 23.9 Å². The Morgan fingerprint density at radius 2 is 0.850 bits per heavy atom. The van der Waals surface area contributed by atoms with Crippen molar-refractivity contribution in [2.24, 2.45) is 0 Å². The van der Waals surface area contributed by atoms with Gasteiger partial charge in [-0.05, 0) is 229 Å². The van der Waals surface area contributed by atoms with Gasteiger partial charge in [0.25, 0.3) is 0 Å². The number of aliphatic hydroxyl groups excluding tert-OH is 4. The van der Waals surface area contributed by atoms with Gasteiger partial charge in [0.1, 0.15) is 53.5 Å². The van der Waals surface area contributed by atoms with Crippen molar-refractivity contribution >= 4 is 86.7 Å². The van der Waals surface area contributed by atoms with E-state index in [1.807, 2.05) is 132 Å². The standard InChI is InChI=1S/C28H37FN2O4.C28H28FNO3.2C27H30FNO3.CH4/c1-16(2)22-12-18(8-11-24(22)29)26-21(10-9-20-13-19(32)14-25(33)35-20)27(17(3)4)30-28(31(5)6)23(26)15-34-7;1-16(2)23-13-18(9-12-24(23)29)27-21-5-3-4-6-25(21)30-28(17-7-8-17)22(27)11-10-20-14-19(31)15-26(32)33-20;1-16(2)19-7-11-24-23(13-19)27(18-5-8-20(28)9-6-18)25(29(24)17(3)4)12-10-22-14-21(30)15-26(31)32-22;1-16(2)19-7-11-23-25(13-19)29(17(3)4)24(27(23)18-5-8-20(28)9-6-18)12-10-22-14-21(30)15-26(31)32-22;/h8-12,16-17,19-20,32H,13-15H2,1-7H3;3-6,9-13,16-17,19-20,31H,7-8,14-15H2,1-2H3;2*5-13,16-17,21-22,30H,14-15H2,1-4H3;1H4/b10-9+;11-10+;2*12-10+;. The lowest BCUT2D eigenvalue weighted by atomic mass is 9.88.